The molecule has 1 aliphatic heterocycles. The van der Waals surface area contributed by atoms with E-state index in [2.05, 4.69) is 6.92 Å². The molecule has 1 heterocycles. The first-order valence-corrected chi connectivity index (χ1v) is 6.76. The third kappa shape index (κ3) is 2.68. The Balaban J connectivity index is 2.28. The minimum Gasteiger partial charge on any atom is -0.493 e. The first kappa shape index (κ1) is 13.4. The average Bonchev–Trinajstić information content (AvgIpc) is 2.39. The van der Waals surface area contributed by atoms with Crippen LogP contribution in [-0.2, 0) is 10.3 Å². The predicted octanol–water partition coefficient (Wildman–Crippen LogP) is 2.86. The van der Waals surface area contributed by atoms with Crippen molar-refractivity contribution in [3.8, 4) is 5.75 Å². The van der Waals surface area contributed by atoms with Crippen molar-refractivity contribution in [3.05, 3.63) is 29.8 Å². The van der Waals surface area contributed by atoms with Crippen LogP contribution in [-0.4, -0.2) is 24.4 Å². The second-order valence-electron chi connectivity index (χ2n) is 4.82. The smallest absolute Gasteiger partial charge is 0.125 e. The molecule has 2 unspecified atom stereocenters. The van der Waals surface area contributed by atoms with Crippen LogP contribution < -0.4 is 4.74 Å². The molecule has 3 heteroatoms. The Morgan fingerprint density at radius 1 is 1.39 bits per heavy atom. The van der Waals surface area contributed by atoms with E-state index in [0.29, 0.717) is 26.1 Å². The highest BCUT2D eigenvalue weighted by atomic mass is 16.5. The van der Waals surface area contributed by atoms with Crippen LogP contribution >= 0.6 is 0 Å². The van der Waals surface area contributed by atoms with Crippen LogP contribution in [0.3, 0.4) is 0 Å². The first-order chi connectivity index (χ1) is 8.69. The molecule has 1 aliphatic rings. The largest absolute Gasteiger partial charge is 0.493 e. The third-order valence-corrected chi connectivity index (χ3v) is 3.58. The van der Waals surface area contributed by atoms with Gasteiger partial charge in [0.2, 0.25) is 0 Å². The van der Waals surface area contributed by atoms with E-state index in [1.807, 2.05) is 31.2 Å². The molecular formula is C15H22O3. The van der Waals surface area contributed by atoms with E-state index in [4.69, 9.17) is 9.47 Å². The average molecular weight is 250 g/mol. The highest BCUT2D eigenvalue weighted by Crippen LogP contribution is 2.39. The lowest BCUT2D eigenvalue weighted by atomic mass is 9.82. The molecule has 1 saturated heterocycles. The number of ether oxygens (including phenoxy) is 2. The minimum atomic E-state index is -0.815. The van der Waals surface area contributed by atoms with Gasteiger partial charge in [0.25, 0.3) is 0 Å². The first-order valence-electron chi connectivity index (χ1n) is 6.76. The maximum atomic E-state index is 10.9. The van der Waals surface area contributed by atoms with Crippen molar-refractivity contribution in [3.63, 3.8) is 0 Å². The van der Waals surface area contributed by atoms with Crippen LogP contribution in [0.25, 0.3) is 0 Å². The molecule has 2 atom stereocenters. The van der Waals surface area contributed by atoms with Crippen LogP contribution in [0.4, 0.5) is 0 Å². The van der Waals surface area contributed by atoms with E-state index < -0.39 is 5.60 Å². The van der Waals surface area contributed by atoms with Gasteiger partial charge in [-0.1, -0.05) is 25.1 Å². The fourth-order valence-electron chi connectivity index (χ4n) is 2.57. The van der Waals surface area contributed by atoms with Gasteiger partial charge in [-0.25, -0.2) is 0 Å². The monoisotopic (exact) mass is 250 g/mol. The Morgan fingerprint density at radius 3 is 2.89 bits per heavy atom. The summed E-state index contributed by atoms with van der Waals surface area (Å²) in [6, 6.07) is 7.77. The molecule has 0 aromatic heterocycles. The SMILES string of the molecule is CCOc1ccccc1C1(O)CCOC(CC)C1. The summed E-state index contributed by atoms with van der Waals surface area (Å²) in [5.41, 5.74) is 0.0821. The summed E-state index contributed by atoms with van der Waals surface area (Å²) in [4.78, 5) is 0. The molecule has 0 bridgehead atoms. The highest BCUT2D eigenvalue weighted by Gasteiger charge is 2.37. The molecule has 1 aromatic rings. The van der Waals surface area contributed by atoms with E-state index in [9.17, 15) is 5.11 Å². The lowest BCUT2D eigenvalue weighted by Gasteiger charge is -2.37. The molecule has 0 amide bonds. The van der Waals surface area contributed by atoms with Gasteiger partial charge in [-0.3, -0.25) is 0 Å². The second kappa shape index (κ2) is 5.72. The summed E-state index contributed by atoms with van der Waals surface area (Å²) in [5, 5.41) is 10.9. The van der Waals surface area contributed by atoms with E-state index in [0.717, 1.165) is 17.7 Å². The van der Waals surface area contributed by atoms with E-state index >= 15 is 0 Å². The van der Waals surface area contributed by atoms with Gasteiger partial charge in [-0.2, -0.15) is 0 Å². The summed E-state index contributed by atoms with van der Waals surface area (Å²) in [6.45, 7) is 5.26. The second-order valence-corrected chi connectivity index (χ2v) is 4.82. The van der Waals surface area contributed by atoms with Gasteiger partial charge in [0, 0.05) is 18.4 Å². The van der Waals surface area contributed by atoms with Crippen molar-refractivity contribution in [2.24, 2.45) is 0 Å². The Kier molecular flexibility index (Phi) is 4.25. The Bertz CT molecular complexity index is 391. The summed E-state index contributed by atoms with van der Waals surface area (Å²) >= 11 is 0. The zero-order chi connectivity index (χ0) is 13.0. The molecule has 1 N–H and O–H groups in total. The molecular weight excluding hydrogens is 228 g/mol. The maximum Gasteiger partial charge on any atom is 0.125 e. The fourth-order valence-corrected chi connectivity index (χ4v) is 2.57. The molecule has 0 spiro atoms. The maximum absolute atomic E-state index is 10.9. The number of rotatable bonds is 4. The van der Waals surface area contributed by atoms with Crippen LogP contribution in [0.2, 0.25) is 0 Å². The van der Waals surface area contributed by atoms with Crippen molar-refractivity contribution in [1.82, 2.24) is 0 Å². The Labute approximate surface area is 109 Å². The molecule has 3 nitrogen and oxygen atoms in total. The molecule has 0 saturated carbocycles. The molecule has 1 aromatic carbocycles. The quantitative estimate of drug-likeness (QED) is 0.893. The van der Waals surface area contributed by atoms with Gasteiger partial charge in [0.15, 0.2) is 0 Å². The topological polar surface area (TPSA) is 38.7 Å². The van der Waals surface area contributed by atoms with Crippen molar-refractivity contribution in [2.75, 3.05) is 13.2 Å². The number of hydrogen-bond acceptors (Lipinski definition) is 3. The van der Waals surface area contributed by atoms with E-state index in [1.165, 1.54) is 0 Å². The van der Waals surface area contributed by atoms with Crippen molar-refractivity contribution in [1.29, 1.82) is 0 Å². The lowest BCUT2D eigenvalue weighted by Crippen LogP contribution is -2.38. The Hall–Kier alpha value is -1.06. The summed E-state index contributed by atoms with van der Waals surface area (Å²) in [7, 11) is 0. The number of para-hydroxylation sites is 1. The normalized spacial score (nSPS) is 28.1. The van der Waals surface area contributed by atoms with E-state index in [1.54, 1.807) is 0 Å². The van der Waals surface area contributed by atoms with Crippen LogP contribution in [0.5, 0.6) is 5.75 Å². The lowest BCUT2D eigenvalue weighted by molar-refractivity contribution is -0.109. The highest BCUT2D eigenvalue weighted by molar-refractivity contribution is 5.38. The molecule has 0 radical (unpaired) electrons. The van der Waals surface area contributed by atoms with Crippen LogP contribution in [0.1, 0.15) is 38.7 Å². The summed E-state index contributed by atoms with van der Waals surface area (Å²) in [5.74, 6) is 0.791. The van der Waals surface area contributed by atoms with Crippen molar-refractivity contribution >= 4 is 0 Å². The van der Waals surface area contributed by atoms with Crippen molar-refractivity contribution in [2.45, 2.75) is 44.8 Å². The minimum absolute atomic E-state index is 0.137. The van der Waals surface area contributed by atoms with Crippen LogP contribution in [0.15, 0.2) is 24.3 Å². The fraction of sp³-hybridized carbons (Fsp3) is 0.600. The summed E-state index contributed by atoms with van der Waals surface area (Å²) < 4.78 is 11.3. The molecule has 1 fully saturated rings. The number of benzene rings is 1. The Morgan fingerprint density at radius 2 is 2.17 bits per heavy atom. The predicted molar refractivity (Wildman–Crippen MR) is 70.8 cm³/mol. The molecule has 0 aliphatic carbocycles. The molecule has 18 heavy (non-hydrogen) atoms. The number of aliphatic hydroxyl groups is 1. The zero-order valence-corrected chi connectivity index (χ0v) is 11.2. The van der Waals surface area contributed by atoms with Gasteiger partial charge in [0.05, 0.1) is 24.9 Å². The molecule has 2 rings (SSSR count). The third-order valence-electron chi connectivity index (χ3n) is 3.58. The molecule has 100 valence electrons. The van der Waals surface area contributed by atoms with Gasteiger partial charge in [-0.15, -0.1) is 0 Å². The standard InChI is InChI=1S/C15H22O3/c1-3-12-11-15(16,9-10-18-12)13-7-5-6-8-14(13)17-4-2/h5-8,12,16H,3-4,9-11H2,1-2H3. The summed E-state index contributed by atoms with van der Waals surface area (Å²) in [6.07, 6.45) is 2.35. The van der Waals surface area contributed by atoms with Gasteiger partial charge >= 0.3 is 0 Å². The van der Waals surface area contributed by atoms with E-state index in [-0.39, 0.29) is 6.10 Å². The van der Waals surface area contributed by atoms with Gasteiger partial charge in [0.1, 0.15) is 5.75 Å². The zero-order valence-electron chi connectivity index (χ0n) is 11.2. The van der Waals surface area contributed by atoms with Gasteiger partial charge in [-0.05, 0) is 19.4 Å². The number of hydrogen-bond donors (Lipinski definition) is 1. The van der Waals surface area contributed by atoms with Gasteiger partial charge < -0.3 is 14.6 Å². The van der Waals surface area contributed by atoms with Crippen LogP contribution in [0, 0.1) is 0 Å². The van der Waals surface area contributed by atoms with Crippen molar-refractivity contribution < 1.29 is 14.6 Å².